The lowest BCUT2D eigenvalue weighted by atomic mass is 10.1. The van der Waals surface area contributed by atoms with E-state index < -0.39 is 0 Å². The third kappa shape index (κ3) is 4.99. The van der Waals surface area contributed by atoms with Crippen molar-refractivity contribution in [2.75, 3.05) is 32.1 Å². The number of likely N-dealkylation sites (N-methyl/N-ethyl adjacent to an activating group) is 1. The molecular weight excluding hydrogens is 370 g/mol. The SMILES string of the molecule is Cc1cccc(C)c1NC(=O)CN(C)C(=O)NC(C)c1ccc2c(c1)OCCO2. The molecule has 7 heteroatoms. The zero-order valence-electron chi connectivity index (χ0n) is 17.2. The minimum atomic E-state index is -0.330. The Morgan fingerprint density at radius 2 is 1.72 bits per heavy atom. The van der Waals surface area contributed by atoms with E-state index in [1.54, 1.807) is 7.05 Å². The van der Waals surface area contributed by atoms with Gasteiger partial charge in [0.2, 0.25) is 5.91 Å². The van der Waals surface area contributed by atoms with Crippen LogP contribution in [0, 0.1) is 13.8 Å². The van der Waals surface area contributed by atoms with Crippen molar-refractivity contribution in [3.05, 3.63) is 53.1 Å². The summed E-state index contributed by atoms with van der Waals surface area (Å²) in [6.07, 6.45) is 0. The number of hydrogen-bond acceptors (Lipinski definition) is 4. The first kappa shape index (κ1) is 20.5. The molecule has 1 aliphatic heterocycles. The Hall–Kier alpha value is -3.22. The zero-order chi connectivity index (χ0) is 21.0. The highest BCUT2D eigenvalue weighted by Crippen LogP contribution is 2.32. The van der Waals surface area contributed by atoms with Crippen LogP contribution in [0.15, 0.2) is 36.4 Å². The van der Waals surface area contributed by atoms with E-state index >= 15 is 0 Å². The van der Waals surface area contributed by atoms with Gasteiger partial charge in [-0.15, -0.1) is 0 Å². The highest BCUT2D eigenvalue weighted by atomic mass is 16.6. The number of nitrogens with zero attached hydrogens (tertiary/aromatic N) is 1. The van der Waals surface area contributed by atoms with E-state index in [-0.39, 0.29) is 24.5 Å². The summed E-state index contributed by atoms with van der Waals surface area (Å²) < 4.78 is 11.1. The fraction of sp³-hybridized carbons (Fsp3) is 0.364. The lowest BCUT2D eigenvalue weighted by Gasteiger charge is -2.23. The van der Waals surface area contributed by atoms with Gasteiger partial charge in [0.1, 0.15) is 19.8 Å². The molecule has 7 nitrogen and oxygen atoms in total. The number of fused-ring (bicyclic) bond motifs is 1. The molecule has 3 amide bonds. The highest BCUT2D eigenvalue weighted by molar-refractivity contribution is 5.95. The maximum atomic E-state index is 12.5. The topological polar surface area (TPSA) is 79.9 Å². The number of benzene rings is 2. The molecule has 2 N–H and O–H groups in total. The fourth-order valence-corrected chi connectivity index (χ4v) is 3.19. The first-order chi connectivity index (χ1) is 13.8. The van der Waals surface area contributed by atoms with Gasteiger partial charge in [0.25, 0.3) is 0 Å². The fourth-order valence-electron chi connectivity index (χ4n) is 3.19. The highest BCUT2D eigenvalue weighted by Gasteiger charge is 2.19. The third-order valence-electron chi connectivity index (χ3n) is 4.88. The average molecular weight is 397 g/mol. The predicted octanol–water partition coefficient (Wildman–Crippen LogP) is 3.42. The molecule has 0 radical (unpaired) electrons. The Labute approximate surface area is 171 Å². The lowest BCUT2D eigenvalue weighted by Crippen LogP contribution is -2.42. The number of amides is 3. The number of nitrogens with one attached hydrogen (secondary N) is 2. The van der Waals surface area contributed by atoms with Gasteiger partial charge in [-0.3, -0.25) is 4.79 Å². The van der Waals surface area contributed by atoms with E-state index in [4.69, 9.17) is 9.47 Å². The number of hydrogen-bond donors (Lipinski definition) is 2. The number of aryl methyl sites for hydroxylation is 2. The minimum Gasteiger partial charge on any atom is -0.486 e. The Bertz CT molecular complexity index is 893. The number of rotatable bonds is 5. The summed E-state index contributed by atoms with van der Waals surface area (Å²) in [5.41, 5.74) is 3.65. The number of carbonyl (C=O) groups is 2. The Balaban J connectivity index is 1.56. The van der Waals surface area contributed by atoms with Crippen molar-refractivity contribution in [3.8, 4) is 11.5 Å². The number of ether oxygens (including phenoxy) is 2. The van der Waals surface area contributed by atoms with Gasteiger partial charge in [0, 0.05) is 12.7 Å². The lowest BCUT2D eigenvalue weighted by molar-refractivity contribution is -0.116. The standard InChI is InChI=1S/C22H27N3O4/c1-14-6-5-7-15(2)21(14)24-20(26)13-25(4)22(27)23-16(3)17-8-9-18-19(12-17)29-11-10-28-18/h5-9,12,16H,10-11,13H2,1-4H3,(H,23,27)(H,24,26). The molecule has 0 aliphatic carbocycles. The van der Waals surface area contributed by atoms with Crippen LogP contribution in [-0.4, -0.2) is 43.6 Å². The van der Waals surface area contributed by atoms with E-state index in [1.807, 2.05) is 57.2 Å². The maximum absolute atomic E-state index is 12.5. The summed E-state index contributed by atoms with van der Waals surface area (Å²) in [4.78, 5) is 26.3. The van der Waals surface area contributed by atoms with Crippen molar-refractivity contribution < 1.29 is 19.1 Å². The van der Waals surface area contributed by atoms with Crippen molar-refractivity contribution in [1.82, 2.24) is 10.2 Å². The molecule has 2 aromatic carbocycles. The van der Waals surface area contributed by atoms with Crippen LogP contribution in [0.3, 0.4) is 0 Å². The summed E-state index contributed by atoms with van der Waals surface area (Å²) >= 11 is 0. The van der Waals surface area contributed by atoms with Crippen LogP contribution < -0.4 is 20.1 Å². The number of carbonyl (C=O) groups excluding carboxylic acids is 2. The van der Waals surface area contributed by atoms with Crippen molar-refractivity contribution in [3.63, 3.8) is 0 Å². The van der Waals surface area contributed by atoms with E-state index in [9.17, 15) is 9.59 Å². The van der Waals surface area contributed by atoms with Crippen LogP contribution in [0.2, 0.25) is 0 Å². The van der Waals surface area contributed by atoms with E-state index in [0.717, 1.165) is 22.4 Å². The van der Waals surface area contributed by atoms with Crippen molar-refractivity contribution in [2.45, 2.75) is 26.8 Å². The van der Waals surface area contributed by atoms with Crippen LogP contribution in [0.25, 0.3) is 0 Å². The average Bonchev–Trinajstić information content (AvgIpc) is 2.70. The van der Waals surface area contributed by atoms with Crippen LogP contribution in [0.4, 0.5) is 10.5 Å². The van der Waals surface area contributed by atoms with Crippen LogP contribution >= 0.6 is 0 Å². The monoisotopic (exact) mass is 397 g/mol. The molecule has 0 saturated carbocycles. The first-order valence-corrected chi connectivity index (χ1v) is 9.62. The van der Waals surface area contributed by atoms with E-state index in [2.05, 4.69) is 10.6 Å². The summed E-state index contributed by atoms with van der Waals surface area (Å²) in [6.45, 7) is 6.76. The summed E-state index contributed by atoms with van der Waals surface area (Å²) in [6, 6.07) is 10.8. The second-order valence-corrected chi connectivity index (χ2v) is 7.25. The second-order valence-electron chi connectivity index (χ2n) is 7.25. The molecular formula is C22H27N3O4. The molecule has 1 heterocycles. The number of urea groups is 1. The van der Waals surface area contributed by atoms with Crippen LogP contribution in [0.1, 0.15) is 29.7 Å². The Kier molecular flexibility index (Phi) is 6.26. The van der Waals surface area contributed by atoms with Gasteiger partial charge in [-0.05, 0) is 49.6 Å². The van der Waals surface area contributed by atoms with Gasteiger partial charge in [0.05, 0.1) is 6.04 Å². The molecule has 0 spiro atoms. The molecule has 1 aliphatic rings. The van der Waals surface area contributed by atoms with Crippen LogP contribution in [0.5, 0.6) is 11.5 Å². The smallest absolute Gasteiger partial charge is 0.318 e. The van der Waals surface area contributed by atoms with E-state index in [0.29, 0.717) is 24.7 Å². The summed E-state index contributed by atoms with van der Waals surface area (Å²) in [5.74, 6) is 1.14. The second kappa shape index (κ2) is 8.86. The molecule has 0 aromatic heterocycles. The Morgan fingerprint density at radius 1 is 1.07 bits per heavy atom. The molecule has 2 aromatic rings. The van der Waals surface area contributed by atoms with Gasteiger partial charge in [0.15, 0.2) is 11.5 Å². The van der Waals surface area contributed by atoms with Gasteiger partial charge >= 0.3 is 6.03 Å². The van der Waals surface area contributed by atoms with Gasteiger partial charge < -0.3 is 25.0 Å². The normalized spacial score (nSPS) is 13.4. The number of anilines is 1. The molecule has 0 saturated heterocycles. The van der Waals surface area contributed by atoms with Gasteiger partial charge in [-0.2, -0.15) is 0 Å². The summed E-state index contributed by atoms with van der Waals surface area (Å²) in [5, 5.41) is 5.80. The molecule has 1 atom stereocenters. The minimum absolute atomic E-state index is 0.0481. The largest absolute Gasteiger partial charge is 0.486 e. The zero-order valence-corrected chi connectivity index (χ0v) is 17.2. The first-order valence-electron chi connectivity index (χ1n) is 9.62. The molecule has 154 valence electrons. The Morgan fingerprint density at radius 3 is 2.41 bits per heavy atom. The van der Waals surface area contributed by atoms with Crippen LogP contribution in [-0.2, 0) is 4.79 Å². The quantitative estimate of drug-likeness (QED) is 0.810. The van der Waals surface area contributed by atoms with Crippen molar-refractivity contribution in [2.24, 2.45) is 0 Å². The van der Waals surface area contributed by atoms with Crippen molar-refractivity contribution >= 4 is 17.6 Å². The molecule has 1 unspecified atom stereocenters. The maximum Gasteiger partial charge on any atom is 0.318 e. The third-order valence-corrected chi connectivity index (χ3v) is 4.88. The predicted molar refractivity (Wildman–Crippen MR) is 112 cm³/mol. The number of para-hydroxylation sites is 1. The molecule has 0 fully saturated rings. The summed E-state index contributed by atoms with van der Waals surface area (Å²) in [7, 11) is 1.59. The molecule has 3 rings (SSSR count). The van der Waals surface area contributed by atoms with Crippen molar-refractivity contribution in [1.29, 1.82) is 0 Å². The molecule has 0 bridgehead atoms. The molecule has 29 heavy (non-hydrogen) atoms. The van der Waals surface area contributed by atoms with Gasteiger partial charge in [-0.25, -0.2) is 4.79 Å². The van der Waals surface area contributed by atoms with Gasteiger partial charge in [-0.1, -0.05) is 24.3 Å². The van der Waals surface area contributed by atoms with E-state index in [1.165, 1.54) is 4.90 Å².